The molecule has 0 amide bonds. The van der Waals surface area contributed by atoms with E-state index in [1.165, 1.54) is 257 Å². The third-order valence-electron chi connectivity index (χ3n) is 11.3. The number of hydrogen-bond acceptors (Lipinski definition) is 2. The summed E-state index contributed by atoms with van der Waals surface area (Å²) in [5, 5.41) is 0. The fourth-order valence-electron chi connectivity index (χ4n) is 7.95. The predicted octanol–water partition coefficient (Wildman–Crippen LogP) is 16.3. The Morgan fingerprint density at radius 1 is 0.271 bits per heavy atom. The van der Waals surface area contributed by atoms with Crippen molar-refractivity contribution in [2.75, 3.05) is 13.1 Å². The molecule has 1 unspecified atom stereocenters. The van der Waals surface area contributed by atoms with Gasteiger partial charge in [0, 0.05) is 25.5 Å². The largest absolute Gasteiger partial charge is 0.356 e. The number of rotatable bonds is 40. The molecule has 0 aliphatic carbocycles. The Morgan fingerprint density at radius 2 is 0.479 bits per heavy atom. The Labute approximate surface area is 305 Å². The summed E-state index contributed by atoms with van der Waals surface area (Å²) in [5.41, 5.74) is 0. The molecule has 0 fully saturated rings. The topological polar surface area (TPSA) is 6.48 Å². The first kappa shape index (κ1) is 45.4. The molecule has 1 heterocycles. The molecular weight excluding hydrogens is 581 g/mol. The first-order chi connectivity index (χ1) is 23.8. The lowest BCUT2D eigenvalue weighted by molar-refractivity contribution is 0.135. The van der Waals surface area contributed by atoms with Gasteiger partial charge in [-0.15, -0.1) is 0 Å². The minimum absolute atomic E-state index is 0.638. The molecule has 48 heavy (non-hydrogen) atoms. The van der Waals surface area contributed by atoms with Crippen molar-refractivity contribution in [3.05, 3.63) is 12.4 Å². The smallest absolute Gasteiger partial charge is 0.101 e. The Bertz CT molecular complexity index is 630. The van der Waals surface area contributed by atoms with Gasteiger partial charge in [0.15, 0.2) is 0 Å². The van der Waals surface area contributed by atoms with Crippen LogP contribution in [0.15, 0.2) is 12.4 Å². The third-order valence-corrected chi connectivity index (χ3v) is 11.3. The maximum absolute atomic E-state index is 2.72. The summed E-state index contributed by atoms with van der Waals surface area (Å²) in [7, 11) is 0. The van der Waals surface area contributed by atoms with Gasteiger partial charge in [-0.25, -0.2) is 0 Å². The maximum atomic E-state index is 2.72. The van der Waals surface area contributed by atoms with Gasteiger partial charge in [-0.05, 0) is 25.7 Å². The summed E-state index contributed by atoms with van der Waals surface area (Å²) in [6.45, 7) is 9.49. The van der Waals surface area contributed by atoms with Crippen molar-refractivity contribution >= 4 is 0 Å². The van der Waals surface area contributed by atoms with Crippen LogP contribution < -0.4 is 0 Å². The van der Waals surface area contributed by atoms with E-state index in [1.54, 1.807) is 0 Å². The van der Waals surface area contributed by atoms with Crippen LogP contribution in [0.3, 0.4) is 0 Å². The normalized spacial score (nSPS) is 14.6. The fourth-order valence-corrected chi connectivity index (χ4v) is 7.95. The van der Waals surface area contributed by atoms with E-state index < -0.39 is 0 Å². The van der Waals surface area contributed by atoms with Crippen molar-refractivity contribution < 1.29 is 0 Å². The molecule has 0 aromatic heterocycles. The molecule has 0 N–H and O–H groups in total. The van der Waals surface area contributed by atoms with E-state index in [1.807, 2.05) is 0 Å². The van der Waals surface area contributed by atoms with Gasteiger partial charge in [0.2, 0.25) is 0 Å². The van der Waals surface area contributed by atoms with Crippen molar-refractivity contribution in [3.63, 3.8) is 0 Å². The molecule has 286 valence electrons. The minimum atomic E-state index is 0.638. The second-order valence-electron chi connectivity index (χ2n) is 16.1. The SMILES string of the molecule is CCCCCCCCCCCCCCCCCCCN1C=CN(CCCCCCC)C1CCCCCCCCCCCCCCCCC. The standard InChI is InChI=1S/C46H92N2/c1-4-7-10-13-15-17-19-21-23-24-26-28-30-32-34-37-40-43-48-45-44-47(42-39-36-12-9-6-3)46(48)41-38-35-33-31-29-27-25-22-20-18-16-14-11-8-5-2/h44-46H,4-43H2,1-3H3. The highest BCUT2D eigenvalue weighted by molar-refractivity contribution is 4.97. The monoisotopic (exact) mass is 673 g/mol. The number of nitrogens with zero attached hydrogens (tertiary/aromatic N) is 2. The van der Waals surface area contributed by atoms with Crippen LogP contribution in [0.25, 0.3) is 0 Å². The lowest BCUT2D eigenvalue weighted by Crippen LogP contribution is -2.39. The molecule has 1 rings (SSSR count). The first-order valence-corrected chi connectivity index (χ1v) is 23.0. The van der Waals surface area contributed by atoms with Gasteiger partial charge in [0.1, 0.15) is 6.17 Å². The van der Waals surface area contributed by atoms with Crippen LogP contribution in [-0.4, -0.2) is 29.1 Å². The molecular formula is C46H92N2. The van der Waals surface area contributed by atoms with Crippen LogP contribution in [0.5, 0.6) is 0 Å². The Hall–Kier alpha value is -0.660. The van der Waals surface area contributed by atoms with Crippen LogP contribution in [0.2, 0.25) is 0 Å². The van der Waals surface area contributed by atoms with E-state index in [9.17, 15) is 0 Å². The summed E-state index contributed by atoms with van der Waals surface area (Å²) in [6, 6.07) is 0. The van der Waals surface area contributed by atoms with Crippen molar-refractivity contribution in [1.82, 2.24) is 9.80 Å². The molecule has 0 bridgehead atoms. The molecule has 1 atom stereocenters. The Balaban J connectivity index is 2.09. The van der Waals surface area contributed by atoms with Crippen LogP contribution >= 0.6 is 0 Å². The molecule has 0 saturated heterocycles. The van der Waals surface area contributed by atoms with Crippen LogP contribution in [-0.2, 0) is 0 Å². The van der Waals surface area contributed by atoms with Gasteiger partial charge in [-0.1, -0.05) is 239 Å². The fraction of sp³-hybridized carbons (Fsp3) is 0.957. The van der Waals surface area contributed by atoms with Gasteiger partial charge in [0.05, 0.1) is 0 Å². The lowest BCUT2D eigenvalue weighted by atomic mass is 10.0. The highest BCUT2D eigenvalue weighted by Gasteiger charge is 2.24. The van der Waals surface area contributed by atoms with Crippen LogP contribution in [0.4, 0.5) is 0 Å². The van der Waals surface area contributed by atoms with Gasteiger partial charge in [-0.2, -0.15) is 0 Å². The maximum Gasteiger partial charge on any atom is 0.101 e. The van der Waals surface area contributed by atoms with Crippen molar-refractivity contribution in [3.8, 4) is 0 Å². The van der Waals surface area contributed by atoms with E-state index in [0.29, 0.717) is 6.17 Å². The zero-order valence-corrected chi connectivity index (χ0v) is 33.9. The van der Waals surface area contributed by atoms with E-state index in [2.05, 4.69) is 43.0 Å². The third kappa shape index (κ3) is 29.1. The summed E-state index contributed by atoms with van der Waals surface area (Å²) < 4.78 is 0. The van der Waals surface area contributed by atoms with Gasteiger partial charge >= 0.3 is 0 Å². The summed E-state index contributed by atoms with van der Waals surface area (Å²) in [5.74, 6) is 0. The Morgan fingerprint density at radius 3 is 0.729 bits per heavy atom. The van der Waals surface area contributed by atoms with Gasteiger partial charge in [-0.3, -0.25) is 0 Å². The average molecular weight is 673 g/mol. The Kier molecular flexibility index (Phi) is 35.5. The average Bonchev–Trinajstić information content (AvgIpc) is 3.48. The van der Waals surface area contributed by atoms with E-state index in [-0.39, 0.29) is 0 Å². The zero-order valence-electron chi connectivity index (χ0n) is 33.9. The molecule has 0 aromatic carbocycles. The predicted molar refractivity (Wildman–Crippen MR) is 219 cm³/mol. The molecule has 1 aliphatic heterocycles. The molecule has 2 nitrogen and oxygen atoms in total. The van der Waals surface area contributed by atoms with E-state index in [4.69, 9.17) is 0 Å². The summed E-state index contributed by atoms with van der Waals surface area (Å²) in [6.07, 6.45) is 60.4. The molecule has 0 saturated carbocycles. The second kappa shape index (κ2) is 37.6. The molecule has 0 spiro atoms. The number of hydrogen-bond donors (Lipinski definition) is 0. The molecule has 0 radical (unpaired) electrons. The highest BCUT2D eigenvalue weighted by Crippen LogP contribution is 2.24. The molecule has 2 heteroatoms. The van der Waals surface area contributed by atoms with Crippen LogP contribution in [0, 0.1) is 0 Å². The molecule has 0 aromatic rings. The lowest BCUT2D eigenvalue weighted by Gasteiger charge is -2.33. The van der Waals surface area contributed by atoms with Crippen LogP contribution in [0.1, 0.15) is 265 Å². The van der Waals surface area contributed by atoms with Gasteiger partial charge in [0.25, 0.3) is 0 Å². The quantitative estimate of drug-likeness (QED) is 0.0598. The first-order valence-electron chi connectivity index (χ1n) is 23.0. The summed E-state index contributed by atoms with van der Waals surface area (Å²) >= 11 is 0. The summed E-state index contributed by atoms with van der Waals surface area (Å²) in [4.78, 5) is 5.43. The van der Waals surface area contributed by atoms with Crippen molar-refractivity contribution in [2.45, 2.75) is 271 Å². The van der Waals surface area contributed by atoms with E-state index >= 15 is 0 Å². The highest BCUT2D eigenvalue weighted by atomic mass is 15.4. The second-order valence-corrected chi connectivity index (χ2v) is 16.1. The van der Waals surface area contributed by atoms with E-state index in [0.717, 1.165) is 0 Å². The minimum Gasteiger partial charge on any atom is -0.356 e. The van der Waals surface area contributed by atoms with Gasteiger partial charge < -0.3 is 9.80 Å². The van der Waals surface area contributed by atoms with Crippen molar-refractivity contribution in [2.24, 2.45) is 0 Å². The molecule has 1 aliphatic rings. The van der Waals surface area contributed by atoms with Crippen molar-refractivity contribution in [1.29, 1.82) is 0 Å². The zero-order chi connectivity index (χ0) is 34.4. The number of unbranched alkanes of at least 4 members (excludes halogenated alkanes) is 34.